The van der Waals surface area contributed by atoms with Crippen LogP contribution in [0.5, 0.6) is 0 Å². The van der Waals surface area contributed by atoms with Gasteiger partial charge in [0.05, 0.1) is 5.52 Å². The van der Waals surface area contributed by atoms with Gasteiger partial charge in [-0.05, 0) is 37.5 Å². The molecule has 0 atom stereocenters. The number of benzene rings is 1. The molecule has 5 heteroatoms. The summed E-state index contributed by atoms with van der Waals surface area (Å²) in [7, 11) is 0. The summed E-state index contributed by atoms with van der Waals surface area (Å²) in [5.41, 5.74) is 1.78. The van der Waals surface area contributed by atoms with Gasteiger partial charge in [0, 0.05) is 17.6 Å². The number of fused-ring (bicyclic) bond motifs is 1. The largest absolute Gasteiger partial charge is 0.433 e. The summed E-state index contributed by atoms with van der Waals surface area (Å²) in [6.45, 7) is 6.27. The molecule has 0 saturated carbocycles. The van der Waals surface area contributed by atoms with Crippen molar-refractivity contribution < 1.29 is 13.2 Å². The highest BCUT2D eigenvalue weighted by Crippen LogP contribution is 2.34. The predicted molar refractivity (Wildman–Crippen MR) is 75.0 cm³/mol. The van der Waals surface area contributed by atoms with Gasteiger partial charge >= 0.3 is 6.18 Å². The molecule has 2 rings (SSSR count). The van der Waals surface area contributed by atoms with E-state index < -0.39 is 11.9 Å². The number of nitrogens with zero attached hydrogens (tertiary/aromatic N) is 1. The molecule has 0 aliphatic heterocycles. The zero-order valence-electron chi connectivity index (χ0n) is 11.7. The molecule has 1 aromatic carbocycles. The van der Waals surface area contributed by atoms with E-state index in [1.165, 1.54) is 0 Å². The van der Waals surface area contributed by atoms with Crippen molar-refractivity contribution >= 4 is 16.6 Å². The average Bonchev–Trinajstić information content (AvgIpc) is 2.39. The maximum absolute atomic E-state index is 13.0. The number of alkyl halides is 3. The van der Waals surface area contributed by atoms with Crippen molar-refractivity contribution in [1.82, 2.24) is 4.98 Å². The number of aryl methyl sites for hydroxylation is 2. The minimum absolute atomic E-state index is 0.415. The number of pyridine rings is 1. The van der Waals surface area contributed by atoms with Crippen LogP contribution >= 0.6 is 0 Å². The van der Waals surface area contributed by atoms with Crippen LogP contribution in [0.4, 0.5) is 18.9 Å². The molecule has 0 aliphatic carbocycles. The average molecular weight is 282 g/mol. The first-order valence-electron chi connectivity index (χ1n) is 6.56. The smallest absolute Gasteiger partial charge is 0.384 e. The van der Waals surface area contributed by atoms with Crippen molar-refractivity contribution in [3.05, 3.63) is 35.0 Å². The third kappa shape index (κ3) is 2.71. The lowest BCUT2D eigenvalue weighted by Crippen LogP contribution is -2.11. The highest BCUT2D eigenvalue weighted by atomic mass is 19.4. The van der Waals surface area contributed by atoms with Gasteiger partial charge in [-0.3, -0.25) is 0 Å². The highest BCUT2D eigenvalue weighted by Gasteiger charge is 2.33. The fourth-order valence-electron chi connectivity index (χ4n) is 2.08. The Kier molecular flexibility index (Phi) is 3.88. The Morgan fingerprint density at radius 1 is 1.20 bits per heavy atom. The molecule has 0 saturated heterocycles. The Hall–Kier alpha value is -1.78. The van der Waals surface area contributed by atoms with E-state index in [0.717, 1.165) is 29.0 Å². The third-order valence-corrected chi connectivity index (χ3v) is 3.36. The van der Waals surface area contributed by atoms with Crippen LogP contribution in [0.25, 0.3) is 10.9 Å². The molecule has 2 aromatic rings. The number of nitrogens with one attached hydrogen (secondary N) is 1. The zero-order valence-corrected chi connectivity index (χ0v) is 11.7. The second-order valence-corrected chi connectivity index (χ2v) is 4.88. The summed E-state index contributed by atoms with van der Waals surface area (Å²) in [4.78, 5) is 3.81. The van der Waals surface area contributed by atoms with E-state index in [1.807, 2.05) is 26.0 Å². The maximum Gasteiger partial charge on any atom is 0.433 e. The Morgan fingerprint density at radius 2 is 1.90 bits per heavy atom. The van der Waals surface area contributed by atoms with Crippen LogP contribution in [-0.4, -0.2) is 11.5 Å². The van der Waals surface area contributed by atoms with Crippen LogP contribution in [0.2, 0.25) is 0 Å². The summed E-state index contributed by atoms with van der Waals surface area (Å²) < 4.78 is 38.9. The molecule has 0 spiro atoms. The van der Waals surface area contributed by atoms with E-state index in [2.05, 4.69) is 10.3 Å². The lowest BCUT2D eigenvalue weighted by Gasteiger charge is -2.15. The van der Waals surface area contributed by atoms with E-state index in [9.17, 15) is 13.2 Å². The normalized spacial score (nSPS) is 11.9. The first-order chi connectivity index (χ1) is 9.34. The van der Waals surface area contributed by atoms with Gasteiger partial charge in [0.15, 0.2) is 0 Å². The molecule has 0 aliphatic rings. The zero-order chi connectivity index (χ0) is 14.9. The molecule has 108 valence electrons. The molecule has 0 radical (unpaired) electrons. The maximum atomic E-state index is 13.0. The molecule has 0 bridgehead atoms. The number of aromatic nitrogens is 1. The van der Waals surface area contributed by atoms with Crippen molar-refractivity contribution in [3.8, 4) is 0 Å². The molecule has 1 aromatic heterocycles. The van der Waals surface area contributed by atoms with Gasteiger partial charge in [-0.15, -0.1) is 0 Å². The van der Waals surface area contributed by atoms with Gasteiger partial charge < -0.3 is 5.32 Å². The molecule has 0 unspecified atom stereocenters. The number of anilines is 1. The summed E-state index contributed by atoms with van der Waals surface area (Å²) in [5, 5.41) is 3.79. The number of halogens is 3. The van der Waals surface area contributed by atoms with Gasteiger partial charge in [0.25, 0.3) is 0 Å². The quantitative estimate of drug-likeness (QED) is 0.883. The highest BCUT2D eigenvalue weighted by molar-refractivity contribution is 5.94. The molecule has 0 fully saturated rings. The lowest BCUT2D eigenvalue weighted by molar-refractivity contribution is -0.140. The predicted octanol–water partition coefficient (Wildman–Crippen LogP) is 4.69. The van der Waals surface area contributed by atoms with Gasteiger partial charge in [-0.2, -0.15) is 13.2 Å². The minimum Gasteiger partial charge on any atom is -0.384 e. The summed E-state index contributed by atoms with van der Waals surface area (Å²) >= 11 is 0. The van der Waals surface area contributed by atoms with Gasteiger partial charge in [0.1, 0.15) is 5.69 Å². The van der Waals surface area contributed by atoms with E-state index >= 15 is 0 Å². The Bertz CT molecular complexity index is 633. The van der Waals surface area contributed by atoms with Gasteiger partial charge in [0.2, 0.25) is 0 Å². The summed E-state index contributed by atoms with van der Waals surface area (Å²) in [5.74, 6) is 0. The van der Waals surface area contributed by atoms with Crippen LogP contribution < -0.4 is 5.32 Å². The summed E-state index contributed by atoms with van der Waals surface area (Å²) in [6, 6.07) is 4.82. The number of hydrogen-bond acceptors (Lipinski definition) is 2. The monoisotopic (exact) mass is 282 g/mol. The fraction of sp³-hybridized carbons (Fsp3) is 0.400. The van der Waals surface area contributed by atoms with Crippen molar-refractivity contribution in [1.29, 1.82) is 0 Å². The van der Waals surface area contributed by atoms with Crippen LogP contribution in [0.3, 0.4) is 0 Å². The van der Waals surface area contributed by atoms with Crippen LogP contribution in [0.1, 0.15) is 30.2 Å². The topological polar surface area (TPSA) is 24.9 Å². The Labute approximate surface area is 116 Å². The van der Waals surface area contributed by atoms with Crippen LogP contribution in [0, 0.1) is 13.8 Å². The SMILES string of the molecule is CCCNc1cc(C(F)(F)F)nc2c(C)c(C)ccc12. The Balaban J connectivity index is 2.71. The standard InChI is InChI=1S/C15H17F3N2/c1-4-7-19-12-8-13(15(16,17)18)20-14-10(3)9(2)5-6-11(12)14/h5-6,8H,4,7H2,1-3H3,(H,19,20). The van der Waals surface area contributed by atoms with Crippen molar-refractivity contribution in [2.75, 3.05) is 11.9 Å². The first kappa shape index (κ1) is 14.6. The summed E-state index contributed by atoms with van der Waals surface area (Å²) in [6.07, 6.45) is -3.59. The van der Waals surface area contributed by atoms with Gasteiger partial charge in [-0.25, -0.2) is 4.98 Å². The lowest BCUT2D eigenvalue weighted by atomic mass is 10.0. The van der Waals surface area contributed by atoms with E-state index in [4.69, 9.17) is 0 Å². The molecule has 2 nitrogen and oxygen atoms in total. The molecule has 20 heavy (non-hydrogen) atoms. The van der Waals surface area contributed by atoms with E-state index in [0.29, 0.717) is 17.7 Å². The van der Waals surface area contributed by atoms with Crippen molar-refractivity contribution in [2.24, 2.45) is 0 Å². The molecular weight excluding hydrogens is 265 g/mol. The fourth-order valence-corrected chi connectivity index (χ4v) is 2.08. The third-order valence-electron chi connectivity index (χ3n) is 3.36. The van der Waals surface area contributed by atoms with Gasteiger partial charge in [-0.1, -0.05) is 19.1 Å². The molecule has 1 heterocycles. The Morgan fingerprint density at radius 3 is 2.50 bits per heavy atom. The van der Waals surface area contributed by atoms with E-state index in [1.54, 1.807) is 6.92 Å². The van der Waals surface area contributed by atoms with E-state index in [-0.39, 0.29) is 0 Å². The van der Waals surface area contributed by atoms with Crippen molar-refractivity contribution in [3.63, 3.8) is 0 Å². The molecule has 1 N–H and O–H groups in total. The van der Waals surface area contributed by atoms with Crippen LogP contribution in [0.15, 0.2) is 18.2 Å². The van der Waals surface area contributed by atoms with Crippen molar-refractivity contribution in [2.45, 2.75) is 33.4 Å². The second kappa shape index (κ2) is 5.31. The number of hydrogen-bond donors (Lipinski definition) is 1. The second-order valence-electron chi connectivity index (χ2n) is 4.88. The molecular formula is C15H17F3N2. The number of rotatable bonds is 3. The first-order valence-corrected chi connectivity index (χ1v) is 6.56. The minimum atomic E-state index is -4.44. The van der Waals surface area contributed by atoms with Crippen LogP contribution in [-0.2, 0) is 6.18 Å². The molecule has 0 amide bonds.